The summed E-state index contributed by atoms with van der Waals surface area (Å²) in [5, 5.41) is 3.65. The van der Waals surface area contributed by atoms with Gasteiger partial charge in [-0.05, 0) is 68.7 Å². The zero-order chi connectivity index (χ0) is 18.7. The Morgan fingerprint density at radius 1 is 1.00 bits per heavy atom. The van der Waals surface area contributed by atoms with Gasteiger partial charge in [-0.15, -0.1) is 0 Å². The van der Waals surface area contributed by atoms with E-state index >= 15 is 0 Å². The zero-order valence-electron chi connectivity index (χ0n) is 15.1. The van der Waals surface area contributed by atoms with Crippen molar-refractivity contribution in [3.05, 3.63) is 64.7 Å². The van der Waals surface area contributed by atoms with Gasteiger partial charge >= 0.3 is 0 Å². The number of halogens is 1. The number of carbonyl (C=O) groups excluding carboxylic acids is 2. The van der Waals surface area contributed by atoms with Crippen LogP contribution >= 0.6 is 11.6 Å². The molecule has 2 amide bonds. The van der Waals surface area contributed by atoms with Crippen LogP contribution in [0.1, 0.15) is 42.6 Å². The second-order valence-electron chi connectivity index (χ2n) is 6.60. The monoisotopic (exact) mass is 370 g/mol. The second-order valence-corrected chi connectivity index (χ2v) is 7.03. The van der Waals surface area contributed by atoms with Gasteiger partial charge in [0.2, 0.25) is 5.91 Å². The lowest BCUT2D eigenvalue weighted by atomic mass is 9.95. The number of nitrogens with zero attached hydrogens (tertiary/aromatic N) is 1. The van der Waals surface area contributed by atoms with Gasteiger partial charge < -0.3 is 10.2 Å². The maximum atomic E-state index is 12.8. The van der Waals surface area contributed by atoms with E-state index in [0.717, 1.165) is 18.4 Å². The Balaban J connectivity index is 1.70. The molecule has 5 heteroatoms. The highest BCUT2D eigenvalue weighted by atomic mass is 35.5. The quantitative estimate of drug-likeness (QED) is 0.814. The third kappa shape index (κ3) is 3.61. The predicted molar refractivity (Wildman–Crippen MR) is 105 cm³/mol. The van der Waals surface area contributed by atoms with Gasteiger partial charge in [-0.25, -0.2) is 0 Å². The van der Waals surface area contributed by atoms with Crippen LogP contribution in [0.2, 0.25) is 5.02 Å². The first-order chi connectivity index (χ1) is 12.5. The fourth-order valence-electron chi connectivity index (χ4n) is 3.18. The number of amides is 2. The van der Waals surface area contributed by atoms with Gasteiger partial charge in [-0.3, -0.25) is 9.59 Å². The van der Waals surface area contributed by atoms with Gasteiger partial charge in [-0.1, -0.05) is 23.7 Å². The van der Waals surface area contributed by atoms with Crippen molar-refractivity contribution in [1.82, 2.24) is 4.90 Å². The number of hydrogen-bond donors (Lipinski definition) is 1. The lowest BCUT2D eigenvalue weighted by molar-refractivity contribution is -0.118. The third-order valence-corrected chi connectivity index (χ3v) is 5.27. The molecule has 1 aliphatic rings. The molecule has 1 fully saturated rings. The molecule has 4 nitrogen and oxygen atoms in total. The van der Waals surface area contributed by atoms with Crippen molar-refractivity contribution in [2.75, 3.05) is 18.4 Å². The van der Waals surface area contributed by atoms with E-state index in [2.05, 4.69) is 5.32 Å². The summed E-state index contributed by atoms with van der Waals surface area (Å²) in [7, 11) is 0. The lowest BCUT2D eigenvalue weighted by Gasteiger charge is -2.19. The first kappa shape index (κ1) is 18.5. The average molecular weight is 371 g/mol. The Hall–Kier alpha value is -2.33. The summed E-state index contributed by atoms with van der Waals surface area (Å²) >= 11 is 5.94. The molecular formula is C21H23ClN2O2. The summed E-state index contributed by atoms with van der Waals surface area (Å²) in [5.74, 6) is -0.00431. The standard InChI is InChI=1S/C21H23ClN2O2/c1-3-24(4-2)19(25)15-5-11-18(12-6-15)23-20(26)21(13-14-21)16-7-9-17(22)10-8-16/h5-12H,3-4,13-14H2,1-2H3,(H,23,26). The minimum Gasteiger partial charge on any atom is -0.339 e. The molecular weight excluding hydrogens is 348 g/mol. The minimum absolute atomic E-state index is 0.00713. The van der Waals surface area contributed by atoms with E-state index in [1.54, 1.807) is 29.2 Å². The molecule has 1 N–H and O–H groups in total. The molecule has 0 bridgehead atoms. The Morgan fingerprint density at radius 2 is 1.58 bits per heavy atom. The molecule has 0 heterocycles. The van der Waals surface area contributed by atoms with E-state index in [-0.39, 0.29) is 11.8 Å². The molecule has 0 aromatic heterocycles. The number of benzene rings is 2. The van der Waals surface area contributed by atoms with Crippen LogP contribution in [0.15, 0.2) is 48.5 Å². The summed E-state index contributed by atoms with van der Waals surface area (Å²) in [6, 6.07) is 14.6. The summed E-state index contributed by atoms with van der Waals surface area (Å²) in [5.41, 5.74) is 1.87. The van der Waals surface area contributed by atoms with E-state index in [1.807, 2.05) is 38.1 Å². The van der Waals surface area contributed by atoms with E-state index in [0.29, 0.717) is 29.4 Å². The molecule has 3 rings (SSSR count). The molecule has 1 aliphatic carbocycles. The van der Waals surface area contributed by atoms with Crippen LogP contribution < -0.4 is 5.32 Å². The van der Waals surface area contributed by atoms with Crippen LogP contribution in [-0.4, -0.2) is 29.8 Å². The highest BCUT2D eigenvalue weighted by Crippen LogP contribution is 2.49. The Kier molecular flexibility index (Phi) is 5.33. The SMILES string of the molecule is CCN(CC)C(=O)c1ccc(NC(=O)C2(c3ccc(Cl)cc3)CC2)cc1. The smallest absolute Gasteiger partial charge is 0.253 e. The summed E-state index contributed by atoms with van der Waals surface area (Å²) < 4.78 is 0. The lowest BCUT2D eigenvalue weighted by Crippen LogP contribution is -2.30. The maximum absolute atomic E-state index is 12.8. The van der Waals surface area contributed by atoms with Crippen LogP contribution in [0.5, 0.6) is 0 Å². The van der Waals surface area contributed by atoms with Crippen molar-refractivity contribution < 1.29 is 9.59 Å². The topological polar surface area (TPSA) is 49.4 Å². The second kappa shape index (κ2) is 7.50. The van der Waals surface area contributed by atoms with Crippen molar-refractivity contribution >= 4 is 29.1 Å². The van der Waals surface area contributed by atoms with Gasteiger partial charge in [0.05, 0.1) is 5.41 Å². The van der Waals surface area contributed by atoms with Crippen molar-refractivity contribution in [3.63, 3.8) is 0 Å². The summed E-state index contributed by atoms with van der Waals surface area (Å²) in [6.07, 6.45) is 1.66. The molecule has 1 saturated carbocycles. The highest BCUT2D eigenvalue weighted by molar-refractivity contribution is 6.30. The maximum Gasteiger partial charge on any atom is 0.253 e. The Morgan fingerprint density at radius 3 is 2.08 bits per heavy atom. The Bertz CT molecular complexity index is 792. The largest absolute Gasteiger partial charge is 0.339 e. The number of hydrogen-bond acceptors (Lipinski definition) is 2. The van der Waals surface area contributed by atoms with Crippen molar-refractivity contribution in [3.8, 4) is 0 Å². The third-order valence-electron chi connectivity index (χ3n) is 5.02. The average Bonchev–Trinajstić information content (AvgIpc) is 3.46. The molecule has 2 aromatic carbocycles. The molecule has 136 valence electrons. The molecule has 0 spiro atoms. The Labute approximate surface area is 159 Å². The molecule has 26 heavy (non-hydrogen) atoms. The number of carbonyl (C=O) groups is 2. The van der Waals surface area contributed by atoms with Crippen molar-refractivity contribution in [2.45, 2.75) is 32.1 Å². The molecule has 0 saturated heterocycles. The van der Waals surface area contributed by atoms with Crippen LogP contribution in [0, 0.1) is 0 Å². The minimum atomic E-state index is -0.458. The first-order valence-electron chi connectivity index (χ1n) is 8.97. The van der Waals surface area contributed by atoms with Crippen LogP contribution in [0.4, 0.5) is 5.69 Å². The number of anilines is 1. The fourth-order valence-corrected chi connectivity index (χ4v) is 3.31. The number of rotatable bonds is 6. The van der Waals surface area contributed by atoms with Crippen molar-refractivity contribution in [1.29, 1.82) is 0 Å². The van der Waals surface area contributed by atoms with Gasteiger partial charge in [0, 0.05) is 29.4 Å². The molecule has 0 radical (unpaired) electrons. The van der Waals surface area contributed by atoms with Gasteiger partial charge in [0.15, 0.2) is 0 Å². The molecule has 2 aromatic rings. The normalized spacial score (nSPS) is 14.6. The summed E-state index contributed by atoms with van der Waals surface area (Å²) in [6.45, 7) is 5.28. The van der Waals surface area contributed by atoms with Gasteiger partial charge in [0.25, 0.3) is 5.91 Å². The van der Waals surface area contributed by atoms with E-state index in [4.69, 9.17) is 11.6 Å². The predicted octanol–water partition coefficient (Wildman–Crippen LogP) is 4.49. The summed E-state index contributed by atoms with van der Waals surface area (Å²) in [4.78, 5) is 26.9. The fraction of sp³-hybridized carbons (Fsp3) is 0.333. The first-order valence-corrected chi connectivity index (χ1v) is 9.35. The molecule has 0 aliphatic heterocycles. The van der Waals surface area contributed by atoms with Crippen LogP contribution in [-0.2, 0) is 10.2 Å². The highest BCUT2D eigenvalue weighted by Gasteiger charge is 2.51. The molecule has 0 unspecified atom stereocenters. The van der Waals surface area contributed by atoms with Crippen LogP contribution in [0.3, 0.4) is 0 Å². The van der Waals surface area contributed by atoms with E-state index < -0.39 is 5.41 Å². The van der Waals surface area contributed by atoms with Crippen molar-refractivity contribution in [2.24, 2.45) is 0 Å². The zero-order valence-corrected chi connectivity index (χ0v) is 15.8. The van der Waals surface area contributed by atoms with Gasteiger partial charge in [0.1, 0.15) is 0 Å². The van der Waals surface area contributed by atoms with Crippen LogP contribution in [0.25, 0.3) is 0 Å². The molecule has 0 atom stereocenters. The van der Waals surface area contributed by atoms with E-state index in [1.165, 1.54) is 0 Å². The van der Waals surface area contributed by atoms with E-state index in [9.17, 15) is 9.59 Å². The van der Waals surface area contributed by atoms with Gasteiger partial charge in [-0.2, -0.15) is 0 Å². The number of nitrogens with one attached hydrogen (secondary N) is 1.